The fourth-order valence-electron chi connectivity index (χ4n) is 2.46. The zero-order chi connectivity index (χ0) is 15.9. The molecule has 1 fully saturated rings. The van der Waals surface area contributed by atoms with E-state index in [-0.39, 0.29) is 0 Å². The molecule has 8 heteroatoms. The minimum atomic E-state index is -1.48. The van der Waals surface area contributed by atoms with E-state index in [0.717, 1.165) is 10.9 Å². The van der Waals surface area contributed by atoms with Crippen molar-refractivity contribution in [2.24, 2.45) is 0 Å². The van der Waals surface area contributed by atoms with Gasteiger partial charge in [-0.2, -0.15) is 0 Å². The summed E-state index contributed by atoms with van der Waals surface area (Å²) in [5.74, 6) is 0.399. The first kappa shape index (κ1) is 15.5. The van der Waals surface area contributed by atoms with Gasteiger partial charge < -0.3 is 34.9 Å². The molecule has 1 saturated heterocycles. The van der Waals surface area contributed by atoms with E-state index < -0.39 is 37.3 Å². The predicted octanol–water partition coefficient (Wildman–Crippen LogP) is -0.000000000000000278. The van der Waals surface area contributed by atoms with Crippen molar-refractivity contribution in [3.63, 3.8) is 0 Å². The van der Waals surface area contributed by atoms with Crippen LogP contribution in [0.25, 0.3) is 10.9 Å². The molecule has 0 saturated carbocycles. The first-order valence-corrected chi connectivity index (χ1v) is 7.13. The number of ether oxygens (including phenoxy) is 2. The predicted molar refractivity (Wildman–Crippen MR) is 77.7 cm³/mol. The Kier molecular flexibility index (Phi) is 4.26. The average molecular weight is 330 g/mol. The highest BCUT2D eigenvalue weighted by Gasteiger charge is 2.44. The van der Waals surface area contributed by atoms with Crippen LogP contribution in [0.15, 0.2) is 24.4 Å². The number of benzene rings is 1. The van der Waals surface area contributed by atoms with Gasteiger partial charge in [0.15, 0.2) is 0 Å². The molecule has 5 N–H and O–H groups in total. The number of rotatable bonds is 3. The molecule has 0 bridgehead atoms. The molecule has 1 aliphatic heterocycles. The summed E-state index contributed by atoms with van der Waals surface area (Å²) in [5.41, 5.74) is 0.743. The second-order valence-electron chi connectivity index (χ2n) is 5.16. The summed E-state index contributed by atoms with van der Waals surface area (Å²) in [7, 11) is 0. The van der Waals surface area contributed by atoms with E-state index in [1.807, 2.05) is 0 Å². The van der Waals surface area contributed by atoms with Gasteiger partial charge in [0.05, 0.1) is 12.1 Å². The van der Waals surface area contributed by atoms with Gasteiger partial charge in [0, 0.05) is 16.6 Å². The topological polar surface area (TPSA) is 115 Å². The van der Waals surface area contributed by atoms with Crippen LogP contribution in [0.5, 0.6) is 5.75 Å². The van der Waals surface area contributed by atoms with Crippen LogP contribution in [0.3, 0.4) is 0 Å². The molecule has 3 rings (SSSR count). The molecule has 22 heavy (non-hydrogen) atoms. The lowest BCUT2D eigenvalue weighted by atomic mass is 9.99. The third kappa shape index (κ3) is 2.67. The first-order chi connectivity index (χ1) is 10.5. The van der Waals surface area contributed by atoms with Crippen molar-refractivity contribution in [2.45, 2.75) is 30.7 Å². The largest absolute Gasteiger partial charge is 0.460 e. The molecule has 2 heterocycles. The molecule has 1 aromatic heterocycles. The Labute approximate surface area is 130 Å². The van der Waals surface area contributed by atoms with Crippen molar-refractivity contribution < 1.29 is 29.9 Å². The molecular weight excluding hydrogens is 314 g/mol. The number of halogens is 1. The monoisotopic (exact) mass is 329 g/mol. The molecule has 0 amide bonds. The lowest BCUT2D eigenvalue weighted by Gasteiger charge is -2.39. The summed E-state index contributed by atoms with van der Waals surface area (Å²) in [6.07, 6.45) is -5.00. The third-order valence-electron chi connectivity index (χ3n) is 3.70. The smallest absolute Gasteiger partial charge is 0.229 e. The van der Waals surface area contributed by atoms with Crippen LogP contribution in [-0.4, -0.2) is 62.7 Å². The molecule has 2 aromatic rings. The Bertz CT molecular complexity index is 660. The number of aliphatic hydroxyl groups is 4. The number of aliphatic hydroxyl groups excluding tert-OH is 4. The molecule has 1 aromatic carbocycles. The van der Waals surface area contributed by atoms with Crippen LogP contribution in [0, 0.1) is 0 Å². The number of H-pyrrole nitrogens is 1. The Morgan fingerprint density at radius 1 is 1.18 bits per heavy atom. The van der Waals surface area contributed by atoms with E-state index >= 15 is 0 Å². The van der Waals surface area contributed by atoms with Gasteiger partial charge in [-0.15, -0.1) is 0 Å². The maximum absolute atomic E-state index is 9.96. The highest BCUT2D eigenvalue weighted by atomic mass is 35.5. The molecule has 120 valence electrons. The molecule has 5 atom stereocenters. The highest BCUT2D eigenvalue weighted by Crippen LogP contribution is 2.31. The number of nitrogens with one attached hydrogen (secondary N) is 1. The molecule has 0 spiro atoms. The van der Waals surface area contributed by atoms with Gasteiger partial charge in [0.25, 0.3) is 0 Å². The van der Waals surface area contributed by atoms with Gasteiger partial charge in [-0.05, 0) is 18.2 Å². The molecule has 0 aliphatic carbocycles. The lowest BCUT2D eigenvalue weighted by molar-refractivity contribution is -0.277. The van der Waals surface area contributed by atoms with Crippen LogP contribution in [0.4, 0.5) is 0 Å². The summed E-state index contributed by atoms with van der Waals surface area (Å²) in [5, 5.41) is 39.9. The van der Waals surface area contributed by atoms with Crippen LogP contribution in [0.1, 0.15) is 0 Å². The normalized spacial score (nSPS) is 32.3. The third-order valence-corrected chi connectivity index (χ3v) is 3.93. The van der Waals surface area contributed by atoms with Crippen molar-refractivity contribution in [3.05, 3.63) is 29.4 Å². The van der Waals surface area contributed by atoms with Crippen molar-refractivity contribution in [3.8, 4) is 5.75 Å². The first-order valence-electron chi connectivity index (χ1n) is 6.75. The van der Waals surface area contributed by atoms with Crippen LogP contribution in [-0.2, 0) is 4.74 Å². The van der Waals surface area contributed by atoms with E-state index in [4.69, 9.17) is 26.2 Å². The van der Waals surface area contributed by atoms with Gasteiger partial charge in [0.2, 0.25) is 6.29 Å². The highest BCUT2D eigenvalue weighted by molar-refractivity contribution is 6.31. The van der Waals surface area contributed by atoms with Gasteiger partial charge >= 0.3 is 0 Å². The van der Waals surface area contributed by atoms with E-state index in [1.54, 1.807) is 24.4 Å². The van der Waals surface area contributed by atoms with Crippen LogP contribution in [0.2, 0.25) is 5.02 Å². The minimum absolute atomic E-state index is 0.399. The number of fused-ring (bicyclic) bond motifs is 1. The Morgan fingerprint density at radius 2 is 1.95 bits per heavy atom. The quantitative estimate of drug-likeness (QED) is 0.541. The molecule has 1 aliphatic rings. The Hall–Kier alpha value is -1.35. The SMILES string of the molecule is OC[C@H]1O[C@@H](Oc2c[nH]c3cc(Cl)ccc23)[C@H](O)[C@@H](O)[C@@H]1O. The van der Waals surface area contributed by atoms with Gasteiger partial charge in [0.1, 0.15) is 30.2 Å². The van der Waals surface area contributed by atoms with Crippen LogP contribution < -0.4 is 4.74 Å². The fraction of sp³-hybridized carbons (Fsp3) is 0.429. The van der Waals surface area contributed by atoms with E-state index in [1.165, 1.54) is 0 Å². The fourth-order valence-corrected chi connectivity index (χ4v) is 2.63. The van der Waals surface area contributed by atoms with E-state index in [0.29, 0.717) is 10.8 Å². The zero-order valence-corrected chi connectivity index (χ0v) is 12.1. The van der Waals surface area contributed by atoms with Crippen molar-refractivity contribution in [2.75, 3.05) is 6.61 Å². The van der Waals surface area contributed by atoms with Crippen LogP contribution >= 0.6 is 11.6 Å². The summed E-state index contributed by atoms with van der Waals surface area (Å²) < 4.78 is 10.9. The van der Waals surface area contributed by atoms with Crippen molar-refractivity contribution in [1.82, 2.24) is 4.98 Å². The number of aromatic nitrogens is 1. The molecule has 0 radical (unpaired) electrons. The number of hydrogen-bond donors (Lipinski definition) is 5. The minimum Gasteiger partial charge on any atom is -0.460 e. The van der Waals surface area contributed by atoms with E-state index in [9.17, 15) is 15.3 Å². The van der Waals surface area contributed by atoms with Gasteiger partial charge in [-0.1, -0.05) is 11.6 Å². The summed E-state index contributed by atoms with van der Waals surface area (Å²) in [6, 6.07) is 5.16. The number of aromatic amines is 1. The summed E-state index contributed by atoms with van der Waals surface area (Å²) >= 11 is 5.90. The standard InChI is InChI=1S/C14H16ClNO6/c15-6-1-2-7-8(3-6)16-4-9(7)21-14-13(20)12(19)11(18)10(5-17)22-14/h1-4,10-14,16-20H,5H2/t10-,11-,12+,13-,14-/m1/s1. The Balaban J connectivity index is 1.84. The Morgan fingerprint density at radius 3 is 2.68 bits per heavy atom. The zero-order valence-electron chi connectivity index (χ0n) is 11.4. The van der Waals surface area contributed by atoms with Crippen molar-refractivity contribution >= 4 is 22.5 Å². The molecule has 0 unspecified atom stereocenters. The summed E-state index contributed by atoms with van der Waals surface area (Å²) in [6.45, 7) is -0.506. The lowest BCUT2D eigenvalue weighted by Crippen LogP contribution is -2.60. The molecular formula is C14H16ClNO6. The maximum atomic E-state index is 9.96. The number of hydrogen-bond acceptors (Lipinski definition) is 6. The van der Waals surface area contributed by atoms with E-state index in [2.05, 4.69) is 4.98 Å². The summed E-state index contributed by atoms with van der Waals surface area (Å²) in [4.78, 5) is 2.97. The molecule has 7 nitrogen and oxygen atoms in total. The maximum Gasteiger partial charge on any atom is 0.229 e. The second kappa shape index (κ2) is 6.04. The van der Waals surface area contributed by atoms with Gasteiger partial charge in [-0.3, -0.25) is 0 Å². The van der Waals surface area contributed by atoms with Gasteiger partial charge in [-0.25, -0.2) is 0 Å². The second-order valence-corrected chi connectivity index (χ2v) is 5.59. The average Bonchev–Trinajstić information content (AvgIpc) is 2.90. The van der Waals surface area contributed by atoms with Crippen molar-refractivity contribution in [1.29, 1.82) is 0 Å².